The third kappa shape index (κ3) is 9.96. The summed E-state index contributed by atoms with van der Waals surface area (Å²) in [4.78, 5) is 24.4. The fraction of sp³-hybridized carbons (Fsp3) is 0.323. The van der Waals surface area contributed by atoms with Crippen LogP contribution in [0.5, 0.6) is 5.75 Å². The molecule has 0 saturated heterocycles. The zero-order valence-electron chi connectivity index (χ0n) is 23.5. The minimum atomic E-state index is -0.577. The Hall–Kier alpha value is -4.07. The van der Waals surface area contributed by atoms with Crippen LogP contribution in [0.15, 0.2) is 72.8 Å². The van der Waals surface area contributed by atoms with Crippen molar-refractivity contribution in [2.45, 2.75) is 65.1 Å². The van der Waals surface area contributed by atoms with Crippen LogP contribution in [0.1, 0.15) is 64.2 Å². The molecule has 3 aromatic rings. The van der Waals surface area contributed by atoms with E-state index < -0.39 is 23.4 Å². The van der Waals surface area contributed by atoms with Crippen molar-refractivity contribution in [2.24, 2.45) is 0 Å². The molecule has 2 amide bonds. The molecule has 0 saturated carbocycles. The molecule has 0 aliphatic rings. The molecule has 3 rings (SSSR count). The first kappa shape index (κ1) is 29.5. The second-order valence-corrected chi connectivity index (χ2v) is 11.2. The van der Waals surface area contributed by atoms with Crippen LogP contribution in [0.2, 0.25) is 0 Å². The third-order valence-corrected chi connectivity index (χ3v) is 5.50. The average molecular weight is 528 g/mol. The number of carbonyl (C=O) groups is 2. The van der Waals surface area contributed by atoms with Crippen molar-refractivity contribution < 1.29 is 23.8 Å². The van der Waals surface area contributed by atoms with Gasteiger partial charge < -0.3 is 9.47 Å². The minimum absolute atomic E-state index is 0.0160. The van der Waals surface area contributed by atoms with Crippen molar-refractivity contribution in [3.05, 3.63) is 89.5 Å². The van der Waals surface area contributed by atoms with E-state index in [1.54, 1.807) is 0 Å². The van der Waals surface area contributed by atoms with E-state index in [0.29, 0.717) is 11.4 Å². The summed E-state index contributed by atoms with van der Waals surface area (Å²) in [5.74, 6) is 0.739. The van der Waals surface area contributed by atoms with E-state index in [1.165, 1.54) is 6.15 Å². The van der Waals surface area contributed by atoms with Crippen molar-refractivity contribution in [2.75, 3.05) is 10.6 Å². The Morgan fingerprint density at radius 1 is 0.718 bits per heavy atom. The van der Waals surface area contributed by atoms with Crippen LogP contribution in [0, 0.1) is 0 Å². The van der Waals surface area contributed by atoms with Crippen molar-refractivity contribution in [1.82, 2.24) is 0 Å². The molecule has 8 heteroatoms. The molecule has 7 nitrogen and oxygen atoms in total. The quantitative estimate of drug-likeness (QED) is 0.314. The molecule has 0 aliphatic carbocycles. The number of benzene rings is 3. The summed E-state index contributed by atoms with van der Waals surface area (Å²) >= 11 is 0. The number of carbonyl (C=O) groups excluding carboxylic acids is 2. The van der Waals surface area contributed by atoms with E-state index in [0.717, 1.165) is 28.9 Å². The molecule has 39 heavy (non-hydrogen) atoms. The van der Waals surface area contributed by atoms with Crippen LogP contribution in [-0.2, 0) is 15.9 Å². The van der Waals surface area contributed by atoms with Crippen molar-refractivity contribution in [3.63, 3.8) is 0 Å². The van der Waals surface area contributed by atoms with Crippen LogP contribution in [0.4, 0.5) is 21.0 Å². The molecule has 0 radical (unpaired) electrons. The summed E-state index contributed by atoms with van der Waals surface area (Å²) in [6.45, 7) is 10.9. The van der Waals surface area contributed by atoms with Gasteiger partial charge in [0.1, 0.15) is 11.2 Å². The van der Waals surface area contributed by atoms with Gasteiger partial charge in [-0.3, -0.25) is 10.6 Å². The Morgan fingerprint density at radius 3 is 1.49 bits per heavy atom. The summed E-state index contributed by atoms with van der Waals surface area (Å²) in [6, 6.07) is 23.4. The third-order valence-electron chi connectivity index (χ3n) is 5.50. The standard InChI is InChI=1S/C31H37BN2O5/c1-30(2,3)38-28(35)33-24-13-9-22(10-14-24)27(19-21-7-17-26(18-8-21)37-20-32)23-11-15-25(16-12-23)34-29(36)39-31(4,5)6/h7-18,20,27,32H,19H2,1-6H3,(H,33,35)(H,34,36). The molecule has 0 unspecified atom stereocenters. The van der Waals surface area contributed by atoms with Gasteiger partial charge in [0.15, 0.2) is 0 Å². The van der Waals surface area contributed by atoms with E-state index in [9.17, 15) is 9.59 Å². The number of ether oxygens (including phenoxy) is 3. The molecule has 0 aromatic heterocycles. The van der Waals surface area contributed by atoms with Crippen LogP contribution >= 0.6 is 0 Å². The Kier molecular flexibility index (Phi) is 9.57. The van der Waals surface area contributed by atoms with Gasteiger partial charge in [0, 0.05) is 0 Å². The Labute approximate surface area is 231 Å². The number of nitrogens with one attached hydrogen (secondary N) is 2. The number of hydrogen-bond acceptors (Lipinski definition) is 5. The van der Waals surface area contributed by atoms with Crippen LogP contribution in [-0.4, -0.2) is 37.0 Å². The zero-order valence-corrected chi connectivity index (χ0v) is 23.5. The predicted octanol–water partition coefficient (Wildman–Crippen LogP) is 6.79. The molecular formula is C31H37BN2O5. The van der Waals surface area contributed by atoms with Gasteiger partial charge in [-0.05, 0) is 41.5 Å². The molecule has 0 bridgehead atoms. The molecule has 0 heterocycles. The second kappa shape index (κ2) is 12.7. The van der Waals surface area contributed by atoms with E-state index >= 15 is 0 Å². The molecular weight excluding hydrogens is 491 g/mol. The molecule has 3 aromatic carbocycles. The van der Waals surface area contributed by atoms with Crippen molar-refractivity contribution in [1.29, 1.82) is 0 Å². The fourth-order valence-corrected chi connectivity index (χ4v) is 3.90. The summed E-state index contributed by atoms with van der Waals surface area (Å²) < 4.78 is 16.1. The predicted molar refractivity (Wildman–Crippen MR) is 158 cm³/mol. The van der Waals surface area contributed by atoms with Crippen molar-refractivity contribution in [3.8, 4) is 5.75 Å². The van der Waals surface area contributed by atoms with Gasteiger partial charge in [0.25, 0.3) is 0 Å². The maximum absolute atomic E-state index is 12.2. The van der Waals surface area contributed by atoms with Gasteiger partial charge in [-0.15, -0.1) is 0 Å². The topological polar surface area (TPSA) is 85.9 Å². The summed E-state index contributed by atoms with van der Waals surface area (Å²) in [5, 5.41) is 5.56. The molecule has 0 aliphatic heterocycles. The first-order chi connectivity index (χ1) is 18.3. The Bertz CT molecular complexity index is 1190. The van der Waals surface area contributed by atoms with Crippen LogP contribution < -0.4 is 15.4 Å². The van der Waals surface area contributed by atoms with Crippen LogP contribution in [0.3, 0.4) is 0 Å². The Morgan fingerprint density at radius 2 is 1.13 bits per heavy atom. The van der Waals surface area contributed by atoms with E-state index in [4.69, 9.17) is 14.2 Å². The van der Waals surface area contributed by atoms with Gasteiger partial charge in [-0.25, -0.2) is 9.59 Å². The summed E-state index contributed by atoms with van der Waals surface area (Å²) in [7, 11) is 3.60. The first-order valence-corrected chi connectivity index (χ1v) is 12.9. The van der Waals surface area contributed by atoms with Gasteiger partial charge in [-0.2, -0.15) is 0 Å². The van der Waals surface area contributed by atoms with Gasteiger partial charge in [-0.1, -0.05) is 0 Å². The number of amides is 2. The number of hydrogen-bond donors (Lipinski definition) is 2. The maximum atomic E-state index is 12.2. The number of rotatable bonds is 8. The van der Waals surface area contributed by atoms with Gasteiger partial charge in [0.05, 0.1) is 0 Å². The summed E-state index contributed by atoms with van der Waals surface area (Å²) in [5.41, 5.74) is 3.41. The van der Waals surface area contributed by atoms with E-state index in [2.05, 4.69) is 18.1 Å². The fourth-order valence-electron chi connectivity index (χ4n) is 3.90. The van der Waals surface area contributed by atoms with Gasteiger partial charge >= 0.3 is 150 Å². The van der Waals surface area contributed by atoms with Crippen LogP contribution in [0.25, 0.3) is 0 Å². The second-order valence-electron chi connectivity index (χ2n) is 11.2. The molecule has 0 spiro atoms. The number of anilines is 2. The zero-order chi connectivity index (χ0) is 28.6. The molecule has 204 valence electrons. The summed E-state index contributed by atoms with van der Waals surface area (Å²) in [6.07, 6.45) is 1.13. The molecule has 0 fully saturated rings. The van der Waals surface area contributed by atoms with E-state index in [1.807, 2.05) is 114 Å². The Balaban J connectivity index is 1.83. The first-order valence-electron chi connectivity index (χ1n) is 12.9. The normalized spacial score (nSPS) is 11.4. The SMILES string of the molecule is B=COc1ccc(CC(c2ccc(NC(=O)OC(C)(C)C)cc2)c2ccc(NC(=O)OC(C)(C)C)cc2)cc1. The molecule has 0 atom stereocenters. The molecule has 2 N–H and O–H groups in total. The monoisotopic (exact) mass is 528 g/mol. The van der Waals surface area contributed by atoms with Gasteiger partial charge in [0.2, 0.25) is 0 Å². The average Bonchev–Trinajstić information content (AvgIpc) is 2.83. The van der Waals surface area contributed by atoms with E-state index in [-0.39, 0.29) is 5.92 Å². The van der Waals surface area contributed by atoms with Crippen molar-refractivity contribution >= 4 is 37.2 Å².